The standard InChI is InChI=1S/C16H20N2O7/c1-9(19)17-13(8-10-2-4-11(20)5-3-10)15(23)18-12(16(24)25)6-7-14(21)22/h2-5,12-13,20H,6-8H2,1H3,(H,17,19)(H,18,23)(H,21,22)(H,24,25)/p-2/t12-,13-/m0/s1. The molecule has 0 radical (unpaired) electrons. The number of phenolic OH excluding ortho intramolecular Hbond substituents is 1. The van der Waals surface area contributed by atoms with Gasteiger partial charge in [-0.3, -0.25) is 9.59 Å². The molecule has 9 nitrogen and oxygen atoms in total. The molecule has 0 heterocycles. The molecular weight excluding hydrogens is 332 g/mol. The van der Waals surface area contributed by atoms with Crippen LogP contribution in [0, 0.1) is 0 Å². The van der Waals surface area contributed by atoms with E-state index >= 15 is 0 Å². The number of carboxylic acids is 2. The van der Waals surface area contributed by atoms with Crippen LogP contribution in [0.15, 0.2) is 24.3 Å². The van der Waals surface area contributed by atoms with Crippen LogP contribution in [0.25, 0.3) is 0 Å². The number of aliphatic carboxylic acids is 2. The number of carboxylic acid groups (broad SMARTS) is 2. The molecule has 0 spiro atoms. The summed E-state index contributed by atoms with van der Waals surface area (Å²) in [5.41, 5.74) is 0.617. The van der Waals surface area contributed by atoms with Gasteiger partial charge in [0.2, 0.25) is 11.8 Å². The number of benzene rings is 1. The van der Waals surface area contributed by atoms with Crippen molar-refractivity contribution in [3.05, 3.63) is 29.8 Å². The molecule has 1 rings (SSSR count). The number of carbonyl (C=O) groups excluding carboxylic acids is 4. The molecule has 0 unspecified atom stereocenters. The lowest BCUT2D eigenvalue weighted by molar-refractivity contribution is -0.310. The summed E-state index contributed by atoms with van der Waals surface area (Å²) in [6.07, 6.45) is -0.921. The Morgan fingerprint density at radius 2 is 1.64 bits per heavy atom. The first kappa shape index (κ1) is 19.9. The van der Waals surface area contributed by atoms with E-state index in [1.165, 1.54) is 19.1 Å². The van der Waals surface area contributed by atoms with E-state index < -0.39 is 48.7 Å². The smallest absolute Gasteiger partial charge is 0.243 e. The summed E-state index contributed by atoms with van der Waals surface area (Å²) < 4.78 is 0. The molecule has 0 aliphatic heterocycles. The van der Waals surface area contributed by atoms with Crippen molar-refractivity contribution in [3.8, 4) is 5.75 Å². The average Bonchev–Trinajstić information content (AvgIpc) is 2.51. The van der Waals surface area contributed by atoms with Crippen LogP contribution in [0.1, 0.15) is 25.3 Å². The molecule has 3 N–H and O–H groups in total. The Balaban J connectivity index is 2.83. The summed E-state index contributed by atoms with van der Waals surface area (Å²) in [7, 11) is 0. The highest BCUT2D eigenvalue weighted by molar-refractivity contribution is 5.90. The van der Waals surface area contributed by atoms with Crippen molar-refractivity contribution < 1.29 is 34.5 Å². The summed E-state index contributed by atoms with van der Waals surface area (Å²) >= 11 is 0. The van der Waals surface area contributed by atoms with Crippen LogP contribution < -0.4 is 20.8 Å². The van der Waals surface area contributed by atoms with Gasteiger partial charge in [-0.25, -0.2) is 0 Å². The maximum absolute atomic E-state index is 12.3. The van der Waals surface area contributed by atoms with Gasteiger partial charge in [-0.2, -0.15) is 0 Å². The zero-order chi connectivity index (χ0) is 19.0. The Bertz CT molecular complexity index is 642. The molecule has 2 amide bonds. The van der Waals surface area contributed by atoms with Crippen LogP contribution in [0.3, 0.4) is 0 Å². The zero-order valence-electron chi connectivity index (χ0n) is 13.5. The summed E-state index contributed by atoms with van der Waals surface area (Å²) in [5.74, 6) is -4.36. The van der Waals surface area contributed by atoms with E-state index in [2.05, 4.69) is 10.6 Å². The first-order valence-corrected chi connectivity index (χ1v) is 7.45. The van der Waals surface area contributed by atoms with Crippen LogP contribution in [-0.2, 0) is 25.6 Å². The third-order valence-corrected chi connectivity index (χ3v) is 3.31. The molecule has 0 saturated heterocycles. The van der Waals surface area contributed by atoms with E-state index in [0.717, 1.165) is 0 Å². The quantitative estimate of drug-likeness (QED) is 0.434. The van der Waals surface area contributed by atoms with Crippen LogP contribution >= 0.6 is 0 Å². The van der Waals surface area contributed by atoms with Crippen molar-refractivity contribution in [2.24, 2.45) is 0 Å². The highest BCUT2D eigenvalue weighted by Crippen LogP contribution is 2.11. The van der Waals surface area contributed by atoms with Crippen molar-refractivity contribution in [2.75, 3.05) is 0 Å². The van der Waals surface area contributed by atoms with Gasteiger partial charge in [0.15, 0.2) is 0 Å². The van der Waals surface area contributed by atoms with Crippen molar-refractivity contribution in [1.82, 2.24) is 10.6 Å². The SMILES string of the molecule is CC(=O)N[C@@H](Cc1ccc(O)cc1)C(=O)N[C@@H](CCC(=O)[O-])C(=O)[O-]. The highest BCUT2D eigenvalue weighted by Gasteiger charge is 2.23. The van der Waals surface area contributed by atoms with Gasteiger partial charge < -0.3 is 35.5 Å². The molecule has 0 aliphatic rings. The third-order valence-electron chi connectivity index (χ3n) is 3.31. The number of rotatable bonds is 9. The Hall–Kier alpha value is -3.10. The van der Waals surface area contributed by atoms with E-state index in [-0.39, 0.29) is 12.2 Å². The van der Waals surface area contributed by atoms with Crippen molar-refractivity contribution >= 4 is 23.8 Å². The van der Waals surface area contributed by atoms with Gasteiger partial charge >= 0.3 is 0 Å². The number of hydrogen-bond donors (Lipinski definition) is 3. The van der Waals surface area contributed by atoms with Crippen molar-refractivity contribution in [3.63, 3.8) is 0 Å². The minimum atomic E-state index is -1.64. The van der Waals surface area contributed by atoms with Gasteiger partial charge in [0.1, 0.15) is 11.8 Å². The first-order chi connectivity index (χ1) is 11.7. The number of aromatic hydroxyl groups is 1. The van der Waals surface area contributed by atoms with Gasteiger partial charge in [-0.15, -0.1) is 0 Å². The summed E-state index contributed by atoms with van der Waals surface area (Å²) in [5, 5.41) is 35.3. The third kappa shape index (κ3) is 7.34. The van der Waals surface area contributed by atoms with Crippen LogP contribution in [-0.4, -0.2) is 40.9 Å². The molecule has 0 aromatic heterocycles. The Labute approximate surface area is 143 Å². The lowest BCUT2D eigenvalue weighted by Crippen LogP contribution is -2.55. The maximum atomic E-state index is 12.3. The molecular formula is C16H18N2O7-2. The Morgan fingerprint density at radius 3 is 2.12 bits per heavy atom. The van der Waals surface area contributed by atoms with Crippen molar-refractivity contribution in [1.29, 1.82) is 0 Å². The van der Waals surface area contributed by atoms with E-state index in [0.29, 0.717) is 5.56 Å². The molecule has 2 atom stereocenters. The fraction of sp³-hybridized carbons (Fsp3) is 0.375. The summed E-state index contributed by atoms with van der Waals surface area (Å²) in [6, 6.07) is 3.30. The largest absolute Gasteiger partial charge is 0.550 e. The van der Waals surface area contributed by atoms with Gasteiger partial charge in [0.25, 0.3) is 0 Å². The number of nitrogens with one attached hydrogen (secondary N) is 2. The zero-order valence-corrected chi connectivity index (χ0v) is 13.5. The summed E-state index contributed by atoms with van der Waals surface area (Å²) in [4.78, 5) is 45.1. The summed E-state index contributed by atoms with van der Waals surface area (Å²) in [6.45, 7) is 1.20. The predicted molar refractivity (Wildman–Crippen MR) is 80.6 cm³/mol. The van der Waals surface area contributed by atoms with E-state index in [4.69, 9.17) is 0 Å². The molecule has 25 heavy (non-hydrogen) atoms. The molecule has 9 heteroatoms. The van der Waals surface area contributed by atoms with Crippen LogP contribution in [0.4, 0.5) is 0 Å². The number of hydrogen-bond acceptors (Lipinski definition) is 7. The number of phenols is 1. The normalized spacial score (nSPS) is 12.7. The minimum absolute atomic E-state index is 0.0311. The molecule has 0 fully saturated rings. The van der Waals surface area contributed by atoms with Gasteiger partial charge in [0, 0.05) is 19.3 Å². The molecule has 0 bridgehead atoms. The van der Waals surface area contributed by atoms with Gasteiger partial charge in [-0.05, 0) is 30.5 Å². The molecule has 1 aromatic rings. The maximum Gasteiger partial charge on any atom is 0.243 e. The second-order valence-corrected chi connectivity index (χ2v) is 5.41. The van der Waals surface area contributed by atoms with E-state index in [1.54, 1.807) is 12.1 Å². The molecule has 0 saturated carbocycles. The van der Waals surface area contributed by atoms with Crippen LogP contribution in [0.2, 0.25) is 0 Å². The Kier molecular flexibility index (Phi) is 7.39. The molecule has 136 valence electrons. The van der Waals surface area contributed by atoms with Gasteiger partial charge in [0.05, 0.1) is 12.0 Å². The fourth-order valence-electron chi connectivity index (χ4n) is 2.11. The number of carbonyl (C=O) groups is 4. The van der Waals surface area contributed by atoms with Crippen LogP contribution in [0.5, 0.6) is 5.75 Å². The Morgan fingerprint density at radius 1 is 1.04 bits per heavy atom. The number of amides is 2. The average molecular weight is 350 g/mol. The minimum Gasteiger partial charge on any atom is -0.550 e. The molecule has 1 aromatic carbocycles. The lowest BCUT2D eigenvalue weighted by Gasteiger charge is -2.24. The monoisotopic (exact) mass is 350 g/mol. The lowest BCUT2D eigenvalue weighted by atomic mass is 10.0. The topological polar surface area (TPSA) is 159 Å². The highest BCUT2D eigenvalue weighted by atomic mass is 16.4. The van der Waals surface area contributed by atoms with E-state index in [1.807, 2.05) is 0 Å². The van der Waals surface area contributed by atoms with Crippen molar-refractivity contribution in [2.45, 2.75) is 38.3 Å². The first-order valence-electron chi connectivity index (χ1n) is 7.45. The second-order valence-electron chi connectivity index (χ2n) is 5.41. The predicted octanol–water partition coefficient (Wildman–Crippen LogP) is -2.80. The van der Waals surface area contributed by atoms with Gasteiger partial charge in [-0.1, -0.05) is 12.1 Å². The molecule has 0 aliphatic carbocycles. The second kappa shape index (κ2) is 9.26. The fourth-order valence-corrected chi connectivity index (χ4v) is 2.11. The van der Waals surface area contributed by atoms with E-state index in [9.17, 15) is 34.5 Å².